The maximum Gasteiger partial charge on any atom is 0.0951 e. The van der Waals surface area contributed by atoms with E-state index in [0.717, 1.165) is 19.6 Å². The smallest absolute Gasteiger partial charge is 0.0951 e. The molecular formula is C12H19N3O2. The van der Waals surface area contributed by atoms with E-state index >= 15 is 0 Å². The van der Waals surface area contributed by atoms with Gasteiger partial charge in [-0.15, -0.1) is 0 Å². The quantitative estimate of drug-likeness (QED) is 0.824. The second-order valence-electron chi connectivity index (χ2n) is 4.93. The van der Waals surface area contributed by atoms with Crippen LogP contribution in [0.1, 0.15) is 24.6 Å². The van der Waals surface area contributed by atoms with Crippen LogP contribution in [-0.4, -0.2) is 52.0 Å². The lowest BCUT2D eigenvalue weighted by atomic mass is 10.2. The number of rotatable bonds is 4. The van der Waals surface area contributed by atoms with Crippen molar-refractivity contribution < 1.29 is 9.84 Å². The van der Waals surface area contributed by atoms with Crippen LogP contribution < -0.4 is 0 Å². The summed E-state index contributed by atoms with van der Waals surface area (Å²) in [4.78, 5) is 6.58. The standard InChI is InChI=1S/C12H19N3O2/c16-8-12-7-14(3-4-17-12)6-11-5-13-9-15(11)10-1-2-10/h5,9-10,12,16H,1-4,6-8H2. The fraction of sp³-hybridized carbons (Fsp3) is 0.750. The first kappa shape index (κ1) is 11.2. The second kappa shape index (κ2) is 4.76. The molecule has 1 aromatic rings. The van der Waals surface area contributed by atoms with E-state index in [4.69, 9.17) is 9.84 Å². The highest BCUT2D eigenvalue weighted by Gasteiger charge is 2.26. The maximum atomic E-state index is 9.12. The van der Waals surface area contributed by atoms with Crippen molar-refractivity contribution in [1.29, 1.82) is 0 Å². The van der Waals surface area contributed by atoms with Crippen LogP contribution >= 0.6 is 0 Å². The van der Waals surface area contributed by atoms with Crippen molar-refractivity contribution in [3.63, 3.8) is 0 Å². The van der Waals surface area contributed by atoms with Gasteiger partial charge in [-0.25, -0.2) is 4.98 Å². The van der Waals surface area contributed by atoms with Gasteiger partial charge in [-0.05, 0) is 12.8 Å². The van der Waals surface area contributed by atoms with Crippen LogP contribution in [0.3, 0.4) is 0 Å². The molecule has 17 heavy (non-hydrogen) atoms. The first-order valence-electron chi connectivity index (χ1n) is 6.32. The predicted octanol–water partition coefficient (Wildman–Crippen LogP) is 0.411. The molecule has 5 nitrogen and oxygen atoms in total. The molecule has 0 spiro atoms. The lowest BCUT2D eigenvalue weighted by molar-refractivity contribution is -0.0556. The molecule has 5 heteroatoms. The van der Waals surface area contributed by atoms with Gasteiger partial charge in [0, 0.05) is 31.9 Å². The van der Waals surface area contributed by atoms with Crippen LogP contribution in [0.2, 0.25) is 0 Å². The van der Waals surface area contributed by atoms with Crippen molar-refractivity contribution in [3.8, 4) is 0 Å². The van der Waals surface area contributed by atoms with Gasteiger partial charge in [0.1, 0.15) is 0 Å². The number of morpholine rings is 1. The molecule has 1 atom stereocenters. The third-order valence-electron chi connectivity index (χ3n) is 3.50. The molecule has 0 amide bonds. The Bertz CT molecular complexity index is 376. The summed E-state index contributed by atoms with van der Waals surface area (Å²) in [5.74, 6) is 0. The minimum Gasteiger partial charge on any atom is -0.394 e. The fourth-order valence-electron chi connectivity index (χ4n) is 2.40. The van der Waals surface area contributed by atoms with Gasteiger partial charge >= 0.3 is 0 Å². The summed E-state index contributed by atoms with van der Waals surface area (Å²) in [5, 5.41) is 9.12. The van der Waals surface area contributed by atoms with E-state index in [-0.39, 0.29) is 12.7 Å². The van der Waals surface area contributed by atoms with Crippen LogP contribution in [0.4, 0.5) is 0 Å². The molecule has 1 aliphatic carbocycles. The Morgan fingerprint density at radius 2 is 2.35 bits per heavy atom. The van der Waals surface area contributed by atoms with E-state index in [1.54, 1.807) is 0 Å². The van der Waals surface area contributed by atoms with E-state index in [2.05, 4.69) is 14.5 Å². The molecule has 1 aliphatic heterocycles. The van der Waals surface area contributed by atoms with Crippen molar-refractivity contribution in [3.05, 3.63) is 18.2 Å². The van der Waals surface area contributed by atoms with Crippen molar-refractivity contribution >= 4 is 0 Å². The largest absolute Gasteiger partial charge is 0.394 e. The lowest BCUT2D eigenvalue weighted by Gasteiger charge is -2.32. The molecule has 2 aliphatic rings. The molecule has 1 unspecified atom stereocenters. The summed E-state index contributed by atoms with van der Waals surface area (Å²) in [6.45, 7) is 3.48. The molecule has 0 bridgehead atoms. The predicted molar refractivity (Wildman–Crippen MR) is 62.6 cm³/mol. The number of nitrogens with zero attached hydrogens (tertiary/aromatic N) is 3. The van der Waals surface area contributed by atoms with Crippen LogP contribution in [0.5, 0.6) is 0 Å². The highest BCUT2D eigenvalue weighted by molar-refractivity contribution is 5.03. The summed E-state index contributed by atoms with van der Waals surface area (Å²) in [7, 11) is 0. The summed E-state index contributed by atoms with van der Waals surface area (Å²) in [6.07, 6.45) is 6.44. The number of imidazole rings is 1. The van der Waals surface area contributed by atoms with Crippen molar-refractivity contribution in [2.75, 3.05) is 26.3 Å². The minimum atomic E-state index is -0.0268. The van der Waals surface area contributed by atoms with E-state index < -0.39 is 0 Å². The monoisotopic (exact) mass is 237 g/mol. The van der Waals surface area contributed by atoms with Crippen LogP contribution in [0.25, 0.3) is 0 Å². The summed E-state index contributed by atoms with van der Waals surface area (Å²) < 4.78 is 7.75. The van der Waals surface area contributed by atoms with Gasteiger partial charge < -0.3 is 14.4 Å². The van der Waals surface area contributed by atoms with E-state index in [1.165, 1.54) is 18.5 Å². The Morgan fingerprint density at radius 3 is 3.12 bits per heavy atom. The van der Waals surface area contributed by atoms with Gasteiger partial charge in [0.2, 0.25) is 0 Å². The Hall–Kier alpha value is -0.910. The molecule has 0 aromatic carbocycles. The molecule has 2 fully saturated rings. The van der Waals surface area contributed by atoms with E-state index in [1.807, 2.05) is 12.5 Å². The Morgan fingerprint density at radius 1 is 1.47 bits per heavy atom. The summed E-state index contributed by atoms with van der Waals surface area (Å²) in [5.41, 5.74) is 1.28. The van der Waals surface area contributed by atoms with Gasteiger partial charge in [-0.1, -0.05) is 0 Å². The van der Waals surface area contributed by atoms with Crippen LogP contribution in [0.15, 0.2) is 12.5 Å². The first-order valence-corrected chi connectivity index (χ1v) is 6.32. The molecular weight excluding hydrogens is 218 g/mol. The van der Waals surface area contributed by atoms with E-state index in [9.17, 15) is 0 Å². The SMILES string of the molecule is OCC1CN(Cc2cncn2C2CC2)CCO1. The molecule has 1 saturated carbocycles. The minimum absolute atomic E-state index is 0.0268. The number of aromatic nitrogens is 2. The lowest BCUT2D eigenvalue weighted by Crippen LogP contribution is -2.43. The van der Waals surface area contributed by atoms with Crippen molar-refractivity contribution in [2.24, 2.45) is 0 Å². The average molecular weight is 237 g/mol. The van der Waals surface area contributed by atoms with Gasteiger partial charge in [-0.3, -0.25) is 4.90 Å². The zero-order valence-corrected chi connectivity index (χ0v) is 9.96. The molecule has 3 rings (SSSR count). The molecule has 1 aromatic heterocycles. The van der Waals surface area contributed by atoms with Crippen LogP contribution in [-0.2, 0) is 11.3 Å². The highest BCUT2D eigenvalue weighted by Crippen LogP contribution is 2.35. The zero-order valence-electron chi connectivity index (χ0n) is 9.96. The second-order valence-corrected chi connectivity index (χ2v) is 4.93. The number of aliphatic hydroxyl groups excluding tert-OH is 1. The van der Waals surface area contributed by atoms with Crippen LogP contribution in [0, 0.1) is 0 Å². The zero-order chi connectivity index (χ0) is 11.7. The Balaban J connectivity index is 1.63. The fourth-order valence-corrected chi connectivity index (χ4v) is 2.40. The van der Waals surface area contributed by atoms with Gasteiger partial charge in [0.05, 0.1) is 31.3 Å². The van der Waals surface area contributed by atoms with Crippen molar-refractivity contribution in [1.82, 2.24) is 14.5 Å². The summed E-state index contributed by atoms with van der Waals surface area (Å²) >= 11 is 0. The number of ether oxygens (including phenoxy) is 1. The summed E-state index contributed by atoms with van der Waals surface area (Å²) in [6, 6.07) is 0.683. The molecule has 1 N–H and O–H groups in total. The number of aliphatic hydroxyl groups is 1. The average Bonchev–Trinajstić information content (AvgIpc) is 3.11. The van der Waals surface area contributed by atoms with Crippen molar-refractivity contribution in [2.45, 2.75) is 31.5 Å². The van der Waals surface area contributed by atoms with Gasteiger partial charge in [0.25, 0.3) is 0 Å². The Kier molecular flexibility index (Phi) is 3.13. The number of hydrogen-bond acceptors (Lipinski definition) is 4. The normalized spacial score (nSPS) is 26.3. The third-order valence-corrected chi connectivity index (χ3v) is 3.50. The highest BCUT2D eigenvalue weighted by atomic mass is 16.5. The van der Waals surface area contributed by atoms with Gasteiger partial charge in [0.15, 0.2) is 0 Å². The first-order chi connectivity index (χ1) is 8.36. The molecule has 0 radical (unpaired) electrons. The van der Waals surface area contributed by atoms with E-state index in [0.29, 0.717) is 12.6 Å². The molecule has 2 heterocycles. The topological polar surface area (TPSA) is 50.5 Å². The number of hydrogen-bond donors (Lipinski definition) is 1. The molecule has 94 valence electrons. The third kappa shape index (κ3) is 2.51. The Labute approximate surface area is 101 Å². The molecule has 1 saturated heterocycles. The van der Waals surface area contributed by atoms with Gasteiger partial charge in [-0.2, -0.15) is 0 Å². The maximum absolute atomic E-state index is 9.12.